The van der Waals surface area contributed by atoms with E-state index < -0.39 is 27.4 Å². The fraction of sp³-hybridized carbons (Fsp3) is 0.364. The molecule has 0 aliphatic carbocycles. The van der Waals surface area contributed by atoms with E-state index in [1.807, 2.05) is 0 Å². The number of hydrogen-bond donors (Lipinski definition) is 0. The second kappa shape index (κ2) is 4.38. The van der Waals surface area contributed by atoms with Crippen LogP contribution < -0.4 is 0 Å². The van der Waals surface area contributed by atoms with Crippen LogP contribution in [0, 0.1) is 11.7 Å². The van der Waals surface area contributed by atoms with Gasteiger partial charge in [0.1, 0.15) is 0 Å². The molecule has 0 N–H and O–H groups in total. The molecule has 2 rings (SSSR count). The summed E-state index contributed by atoms with van der Waals surface area (Å²) in [5.74, 6) is -2.11. The molecule has 0 aromatic heterocycles. The Balaban J connectivity index is 2.30. The predicted octanol–water partition coefficient (Wildman–Crippen LogP) is 2.10. The van der Waals surface area contributed by atoms with Crippen molar-refractivity contribution in [3.8, 4) is 0 Å². The van der Waals surface area contributed by atoms with E-state index in [0.29, 0.717) is 0 Å². The van der Waals surface area contributed by atoms with Gasteiger partial charge in [-0.25, -0.2) is 12.8 Å². The number of benzene rings is 1. The van der Waals surface area contributed by atoms with E-state index >= 15 is 0 Å². The normalized spacial score (nSPS) is 22.6. The molecular formula is C11H10ClFO3S. The summed E-state index contributed by atoms with van der Waals surface area (Å²) in [5.41, 5.74) is -0.125. The molecule has 92 valence electrons. The van der Waals surface area contributed by atoms with Gasteiger partial charge in [0.05, 0.1) is 22.1 Å². The molecule has 0 amide bonds. The molecule has 0 bridgehead atoms. The second-order valence-electron chi connectivity index (χ2n) is 4.07. The first-order chi connectivity index (χ1) is 7.91. The van der Waals surface area contributed by atoms with Crippen molar-refractivity contribution >= 4 is 27.2 Å². The van der Waals surface area contributed by atoms with Crippen LogP contribution in [0.4, 0.5) is 4.39 Å². The molecule has 1 aliphatic rings. The smallest absolute Gasteiger partial charge is 0.169 e. The number of Topliss-reactive ketones (excluding diaryl/α,β-unsaturated/α-hetero) is 1. The summed E-state index contributed by atoms with van der Waals surface area (Å²) >= 11 is 5.58. The number of carbonyl (C=O) groups is 1. The van der Waals surface area contributed by atoms with Gasteiger partial charge in [-0.1, -0.05) is 17.7 Å². The van der Waals surface area contributed by atoms with Crippen LogP contribution in [0.5, 0.6) is 0 Å². The monoisotopic (exact) mass is 276 g/mol. The Labute approximate surface area is 104 Å². The third kappa shape index (κ3) is 2.50. The van der Waals surface area contributed by atoms with Crippen LogP contribution >= 0.6 is 11.6 Å². The van der Waals surface area contributed by atoms with Crippen molar-refractivity contribution in [1.82, 2.24) is 0 Å². The molecule has 1 heterocycles. The second-order valence-corrected chi connectivity index (χ2v) is 6.70. The maximum atomic E-state index is 13.6. The summed E-state index contributed by atoms with van der Waals surface area (Å²) < 4.78 is 36.1. The molecule has 3 nitrogen and oxygen atoms in total. The fourth-order valence-corrected chi connectivity index (χ4v) is 3.83. The molecule has 1 aliphatic heterocycles. The highest BCUT2D eigenvalue weighted by Gasteiger charge is 2.34. The first-order valence-electron chi connectivity index (χ1n) is 5.09. The van der Waals surface area contributed by atoms with Crippen molar-refractivity contribution in [2.24, 2.45) is 5.92 Å². The Kier molecular flexibility index (Phi) is 3.23. The summed E-state index contributed by atoms with van der Waals surface area (Å²) in [5, 5.41) is -0.128. The fourth-order valence-electron chi connectivity index (χ4n) is 1.92. The van der Waals surface area contributed by atoms with Crippen molar-refractivity contribution < 1.29 is 17.6 Å². The van der Waals surface area contributed by atoms with E-state index in [-0.39, 0.29) is 28.5 Å². The van der Waals surface area contributed by atoms with Crippen molar-refractivity contribution in [3.05, 3.63) is 34.6 Å². The number of hydrogen-bond acceptors (Lipinski definition) is 3. The van der Waals surface area contributed by atoms with E-state index in [1.165, 1.54) is 18.2 Å². The zero-order chi connectivity index (χ0) is 12.6. The number of halogens is 2. The van der Waals surface area contributed by atoms with E-state index in [0.717, 1.165) is 0 Å². The van der Waals surface area contributed by atoms with Gasteiger partial charge in [-0.15, -0.1) is 0 Å². The molecule has 6 heteroatoms. The average Bonchev–Trinajstić information content (AvgIpc) is 2.62. The van der Waals surface area contributed by atoms with E-state index in [4.69, 9.17) is 11.6 Å². The van der Waals surface area contributed by atoms with Crippen molar-refractivity contribution in [2.45, 2.75) is 6.42 Å². The number of sulfone groups is 1. The highest BCUT2D eigenvalue weighted by atomic mass is 35.5. The molecule has 1 aromatic rings. The van der Waals surface area contributed by atoms with Gasteiger partial charge in [0.15, 0.2) is 21.4 Å². The quantitative estimate of drug-likeness (QED) is 0.777. The Morgan fingerprint density at radius 2 is 2.12 bits per heavy atom. The molecule has 17 heavy (non-hydrogen) atoms. The Bertz CT molecular complexity index is 568. The molecule has 1 fully saturated rings. The minimum Gasteiger partial charge on any atom is -0.294 e. The Hall–Kier alpha value is -0.940. The summed E-state index contributed by atoms with van der Waals surface area (Å²) in [6, 6.07) is 4.15. The van der Waals surface area contributed by atoms with Crippen LogP contribution in [0.1, 0.15) is 16.8 Å². The number of carbonyl (C=O) groups excluding carboxylic acids is 1. The SMILES string of the molecule is O=C(c1cccc(Cl)c1F)C1CCS(=O)(=O)C1. The third-order valence-corrected chi connectivity index (χ3v) is 4.88. The zero-order valence-electron chi connectivity index (χ0n) is 8.82. The standard InChI is InChI=1S/C11H10ClFO3S/c12-9-3-1-2-8(10(9)13)11(14)7-4-5-17(15,16)6-7/h1-3,7H,4-6H2. The Morgan fingerprint density at radius 1 is 1.41 bits per heavy atom. The van der Waals surface area contributed by atoms with Crippen molar-refractivity contribution in [2.75, 3.05) is 11.5 Å². The molecule has 1 aromatic carbocycles. The number of ketones is 1. The van der Waals surface area contributed by atoms with E-state index in [1.54, 1.807) is 0 Å². The minimum absolute atomic E-state index is 0.00834. The van der Waals surface area contributed by atoms with Crippen molar-refractivity contribution in [3.63, 3.8) is 0 Å². The van der Waals surface area contributed by atoms with E-state index in [2.05, 4.69) is 0 Å². The van der Waals surface area contributed by atoms with Crippen LogP contribution in [-0.4, -0.2) is 25.7 Å². The van der Waals surface area contributed by atoms with Gasteiger partial charge in [0.2, 0.25) is 0 Å². The van der Waals surface area contributed by atoms with Gasteiger partial charge in [0.25, 0.3) is 0 Å². The summed E-state index contributed by atoms with van der Waals surface area (Å²) in [4.78, 5) is 11.9. The average molecular weight is 277 g/mol. The van der Waals surface area contributed by atoms with Crippen LogP contribution in [-0.2, 0) is 9.84 Å². The molecule has 0 spiro atoms. The lowest BCUT2D eigenvalue weighted by molar-refractivity contribution is 0.0929. The topological polar surface area (TPSA) is 51.2 Å². The lowest BCUT2D eigenvalue weighted by Crippen LogP contribution is -2.17. The molecular weight excluding hydrogens is 267 g/mol. The molecule has 1 saturated heterocycles. The largest absolute Gasteiger partial charge is 0.294 e. The lowest BCUT2D eigenvalue weighted by Gasteiger charge is -2.08. The van der Waals surface area contributed by atoms with Gasteiger partial charge in [-0.3, -0.25) is 4.79 Å². The first kappa shape index (κ1) is 12.5. The van der Waals surface area contributed by atoms with Crippen molar-refractivity contribution in [1.29, 1.82) is 0 Å². The van der Waals surface area contributed by atoms with Gasteiger partial charge in [-0.05, 0) is 18.6 Å². The van der Waals surface area contributed by atoms with Gasteiger partial charge in [-0.2, -0.15) is 0 Å². The molecule has 0 radical (unpaired) electrons. The maximum absolute atomic E-state index is 13.6. The Morgan fingerprint density at radius 3 is 2.71 bits per heavy atom. The molecule has 1 atom stereocenters. The van der Waals surface area contributed by atoms with Crippen LogP contribution in [0.25, 0.3) is 0 Å². The summed E-state index contributed by atoms with van der Waals surface area (Å²) in [6.45, 7) is 0. The summed E-state index contributed by atoms with van der Waals surface area (Å²) in [7, 11) is -3.15. The lowest BCUT2D eigenvalue weighted by atomic mass is 9.97. The maximum Gasteiger partial charge on any atom is 0.169 e. The zero-order valence-corrected chi connectivity index (χ0v) is 10.4. The van der Waals surface area contributed by atoms with Crippen LogP contribution in [0.15, 0.2) is 18.2 Å². The van der Waals surface area contributed by atoms with E-state index in [9.17, 15) is 17.6 Å². The van der Waals surface area contributed by atoms with Crippen LogP contribution in [0.3, 0.4) is 0 Å². The highest BCUT2D eigenvalue weighted by Crippen LogP contribution is 2.26. The van der Waals surface area contributed by atoms with Gasteiger partial charge in [0, 0.05) is 5.92 Å². The highest BCUT2D eigenvalue weighted by molar-refractivity contribution is 7.91. The van der Waals surface area contributed by atoms with Gasteiger partial charge < -0.3 is 0 Å². The third-order valence-electron chi connectivity index (χ3n) is 2.82. The first-order valence-corrected chi connectivity index (χ1v) is 7.29. The predicted molar refractivity (Wildman–Crippen MR) is 62.5 cm³/mol. The van der Waals surface area contributed by atoms with Gasteiger partial charge >= 0.3 is 0 Å². The minimum atomic E-state index is -3.15. The van der Waals surface area contributed by atoms with Crippen LogP contribution in [0.2, 0.25) is 5.02 Å². The summed E-state index contributed by atoms with van der Waals surface area (Å²) in [6.07, 6.45) is 0.257. The molecule has 1 unspecified atom stereocenters. The molecule has 0 saturated carbocycles. The number of rotatable bonds is 2.